The first-order valence-electron chi connectivity index (χ1n) is 5.16. The van der Waals surface area contributed by atoms with Gasteiger partial charge < -0.3 is 9.47 Å². The average Bonchev–Trinajstić information content (AvgIpc) is 2.29. The van der Waals surface area contributed by atoms with Crippen molar-refractivity contribution in [2.45, 2.75) is 19.6 Å². The molecule has 1 rings (SSSR count). The fraction of sp³-hybridized carbons (Fsp3) is 0.231. The van der Waals surface area contributed by atoms with Gasteiger partial charge in [0.25, 0.3) is 6.29 Å². The Kier molecular flexibility index (Phi) is 4.94. The lowest BCUT2D eigenvalue weighted by atomic mass is 10.1. The van der Waals surface area contributed by atoms with Crippen LogP contribution >= 0.6 is 0 Å². The molecular weight excluding hydrogens is 220 g/mol. The largest absolute Gasteiger partial charge is 0.425 e. The lowest BCUT2D eigenvalue weighted by Gasteiger charge is -2.16. The highest BCUT2D eigenvalue weighted by atomic mass is 16.7. The Labute approximate surface area is 99.8 Å². The van der Waals surface area contributed by atoms with Gasteiger partial charge in [-0.05, 0) is 5.56 Å². The molecule has 4 heteroatoms. The number of benzene rings is 1. The molecule has 0 saturated carbocycles. The zero-order valence-corrected chi connectivity index (χ0v) is 9.59. The maximum absolute atomic E-state index is 11.1. The molecule has 1 aromatic carbocycles. The maximum atomic E-state index is 11.1. The van der Waals surface area contributed by atoms with E-state index in [0.29, 0.717) is 6.42 Å². The Hall–Kier alpha value is -2.10. The van der Waals surface area contributed by atoms with E-state index >= 15 is 0 Å². The summed E-state index contributed by atoms with van der Waals surface area (Å²) in [5, 5.41) is 0. The van der Waals surface area contributed by atoms with Crippen molar-refractivity contribution in [3.63, 3.8) is 0 Å². The van der Waals surface area contributed by atoms with Crippen LogP contribution in [0.4, 0.5) is 0 Å². The molecule has 0 amide bonds. The average molecular weight is 234 g/mol. The Morgan fingerprint density at radius 1 is 1.29 bits per heavy atom. The van der Waals surface area contributed by atoms with Gasteiger partial charge >= 0.3 is 11.9 Å². The van der Waals surface area contributed by atoms with Crippen molar-refractivity contribution in [2.24, 2.45) is 0 Å². The van der Waals surface area contributed by atoms with Gasteiger partial charge in [0, 0.05) is 19.4 Å². The van der Waals surface area contributed by atoms with Gasteiger partial charge in [-0.2, -0.15) is 0 Å². The number of esters is 2. The Balaban J connectivity index is 2.66. The summed E-state index contributed by atoms with van der Waals surface area (Å²) < 4.78 is 9.81. The highest BCUT2D eigenvalue weighted by Gasteiger charge is 2.16. The second kappa shape index (κ2) is 6.48. The molecule has 0 aliphatic carbocycles. The second-order valence-corrected chi connectivity index (χ2v) is 3.37. The van der Waals surface area contributed by atoms with Gasteiger partial charge in [0.05, 0.1) is 0 Å². The third kappa shape index (κ3) is 4.97. The molecule has 1 atom stereocenters. The summed E-state index contributed by atoms with van der Waals surface area (Å²) in [6.07, 6.45) is 0.432. The number of carbonyl (C=O) groups is 2. The topological polar surface area (TPSA) is 52.6 Å². The Morgan fingerprint density at radius 2 is 1.94 bits per heavy atom. The van der Waals surface area contributed by atoms with Crippen molar-refractivity contribution in [1.29, 1.82) is 0 Å². The minimum Gasteiger partial charge on any atom is -0.425 e. The smallest absolute Gasteiger partial charge is 0.333 e. The first-order valence-corrected chi connectivity index (χ1v) is 5.16. The van der Waals surface area contributed by atoms with Gasteiger partial charge in [0.1, 0.15) is 0 Å². The summed E-state index contributed by atoms with van der Waals surface area (Å²) in [4.78, 5) is 21.9. The molecular formula is C13H14O4. The minimum absolute atomic E-state index is 0.319. The molecule has 0 heterocycles. The first-order chi connectivity index (χ1) is 8.11. The first kappa shape index (κ1) is 13.0. The lowest BCUT2D eigenvalue weighted by molar-refractivity contribution is -0.182. The van der Waals surface area contributed by atoms with Crippen LogP contribution < -0.4 is 0 Å². The van der Waals surface area contributed by atoms with Crippen LogP contribution in [-0.4, -0.2) is 18.2 Å². The molecule has 4 nitrogen and oxygen atoms in total. The predicted molar refractivity (Wildman–Crippen MR) is 62.0 cm³/mol. The second-order valence-electron chi connectivity index (χ2n) is 3.37. The summed E-state index contributed by atoms with van der Waals surface area (Å²) >= 11 is 0. The minimum atomic E-state index is -0.916. The number of rotatable bonds is 5. The van der Waals surface area contributed by atoms with E-state index in [-0.39, 0.29) is 0 Å². The van der Waals surface area contributed by atoms with E-state index in [4.69, 9.17) is 9.47 Å². The van der Waals surface area contributed by atoms with Crippen molar-refractivity contribution in [3.05, 3.63) is 48.6 Å². The summed E-state index contributed by atoms with van der Waals surface area (Å²) in [6, 6.07) is 9.31. The normalized spacial score (nSPS) is 11.4. The van der Waals surface area contributed by atoms with Crippen molar-refractivity contribution >= 4 is 11.9 Å². The quantitative estimate of drug-likeness (QED) is 0.443. The van der Waals surface area contributed by atoms with Gasteiger partial charge in [-0.15, -0.1) is 0 Å². The number of hydrogen-bond donors (Lipinski definition) is 0. The predicted octanol–water partition coefficient (Wildman–Crippen LogP) is 1.85. The monoisotopic (exact) mass is 234 g/mol. The van der Waals surface area contributed by atoms with E-state index in [1.54, 1.807) is 0 Å². The van der Waals surface area contributed by atoms with Crippen LogP contribution in [-0.2, 0) is 25.5 Å². The van der Waals surface area contributed by atoms with Crippen LogP contribution in [0.1, 0.15) is 12.5 Å². The zero-order valence-electron chi connectivity index (χ0n) is 9.59. The standard InChI is InChI=1S/C13H14O4/c1-3-12(15)17-13(16-10(2)14)9-11-7-5-4-6-8-11/h3-8,13H,1,9H2,2H3. The Bertz CT molecular complexity index is 397. The highest BCUT2D eigenvalue weighted by Crippen LogP contribution is 2.08. The lowest BCUT2D eigenvalue weighted by Crippen LogP contribution is -2.25. The van der Waals surface area contributed by atoms with E-state index in [1.807, 2.05) is 30.3 Å². The van der Waals surface area contributed by atoms with Crippen LogP contribution in [0.2, 0.25) is 0 Å². The number of ether oxygens (including phenoxy) is 2. The van der Waals surface area contributed by atoms with Gasteiger partial charge in [0.2, 0.25) is 0 Å². The summed E-state index contributed by atoms with van der Waals surface area (Å²) in [6.45, 7) is 4.55. The zero-order chi connectivity index (χ0) is 12.7. The summed E-state index contributed by atoms with van der Waals surface area (Å²) in [5.41, 5.74) is 0.913. The summed E-state index contributed by atoms with van der Waals surface area (Å²) in [5.74, 6) is -1.12. The Morgan fingerprint density at radius 3 is 2.47 bits per heavy atom. The SMILES string of the molecule is C=CC(=O)OC(Cc1ccccc1)OC(C)=O. The number of carbonyl (C=O) groups excluding carboxylic acids is 2. The van der Waals surface area contributed by atoms with Crippen molar-refractivity contribution in [2.75, 3.05) is 0 Å². The van der Waals surface area contributed by atoms with Crippen LogP contribution in [0.25, 0.3) is 0 Å². The molecule has 0 N–H and O–H groups in total. The van der Waals surface area contributed by atoms with E-state index < -0.39 is 18.2 Å². The molecule has 17 heavy (non-hydrogen) atoms. The fourth-order valence-electron chi connectivity index (χ4n) is 1.28. The molecule has 1 aromatic rings. The van der Waals surface area contributed by atoms with Gasteiger partial charge in [-0.3, -0.25) is 4.79 Å². The molecule has 0 fully saturated rings. The van der Waals surface area contributed by atoms with Crippen molar-refractivity contribution in [1.82, 2.24) is 0 Å². The third-order valence-corrected chi connectivity index (χ3v) is 1.96. The maximum Gasteiger partial charge on any atom is 0.333 e. The van der Waals surface area contributed by atoms with E-state index in [2.05, 4.69) is 6.58 Å². The van der Waals surface area contributed by atoms with Gasteiger partial charge in [-0.25, -0.2) is 4.79 Å². The fourth-order valence-corrected chi connectivity index (χ4v) is 1.28. The third-order valence-electron chi connectivity index (χ3n) is 1.96. The molecule has 0 aliphatic rings. The van der Waals surface area contributed by atoms with Crippen molar-refractivity contribution < 1.29 is 19.1 Å². The van der Waals surface area contributed by atoms with Crippen LogP contribution in [0, 0.1) is 0 Å². The molecule has 0 saturated heterocycles. The van der Waals surface area contributed by atoms with Crippen LogP contribution in [0.5, 0.6) is 0 Å². The molecule has 0 spiro atoms. The summed E-state index contributed by atoms with van der Waals surface area (Å²) in [7, 11) is 0. The molecule has 0 aromatic heterocycles. The van der Waals surface area contributed by atoms with E-state index in [1.165, 1.54) is 6.92 Å². The number of hydrogen-bond acceptors (Lipinski definition) is 4. The van der Waals surface area contributed by atoms with Crippen molar-refractivity contribution in [3.8, 4) is 0 Å². The van der Waals surface area contributed by atoms with Crippen LogP contribution in [0.3, 0.4) is 0 Å². The molecule has 90 valence electrons. The molecule has 0 aliphatic heterocycles. The van der Waals surface area contributed by atoms with E-state index in [0.717, 1.165) is 11.6 Å². The highest BCUT2D eigenvalue weighted by molar-refractivity contribution is 5.81. The molecule has 0 radical (unpaired) electrons. The molecule has 0 bridgehead atoms. The molecule has 1 unspecified atom stereocenters. The van der Waals surface area contributed by atoms with Crippen LogP contribution in [0.15, 0.2) is 43.0 Å². The van der Waals surface area contributed by atoms with Gasteiger partial charge in [0.15, 0.2) is 0 Å². The van der Waals surface area contributed by atoms with Gasteiger partial charge in [-0.1, -0.05) is 36.9 Å². The van der Waals surface area contributed by atoms with E-state index in [9.17, 15) is 9.59 Å².